The molecule has 1 aromatic carbocycles. The Morgan fingerprint density at radius 1 is 1.53 bits per heavy atom. The van der Waals surface area contributed by atoms with E-state index in [1.165, 1.54) is 19.2 Å². The predicted octanol–water partition coefficient (Wildman–Crippen LogP) is 1.42. The maximum atomic E-state index is 13.3. The molecule has 0 aromatic heterocycles. The van der Waals surface area contributed by atoms with Gasteiger partial charge < -0.3 is 9.84 Å². The second-order valence-electron chi connectivity index (χ2n) is 3.40. The largest absolute Gasteiger partial charge is 0.478 e. The number of hydrogen-bond donors (Lipinski definition) is 1. The van der Waals surface area contributed by atoms with E-state index in [1.54, 1.807) is 0 Å². The van der Waals surface area contributed by atoms with E-state index in [2.05, 4.69) is 0 Å². The van der Waals surface area contributed by atoms with Gasteiger partial charge in [-0.1, -0.05) is 6.07 Å². The SMILES string of the molecule is COCCS(=O)Cc1ccc(C(=O)O)c(F)c1. The molecule has 0 radical (unpaired) electrons. The van der Waals surface area contributed by atoms with E-state index in [0.717, 1.165) is 6.07 Å². The monoisotopic (exact) mass is 260 g/mol. The molecule has 1 atom stereocenters. The lowest BCUT2D eigenvalue weighted by Crippen LogP contribution is -2.07. The normalized spacial score (nSPS) is 12.4. The minimum absolute atomic E-state index is 0.195. The maximum Gasteiger partial charge on any atom is 0.338 e. The van der Waals surface area contributed by atoms with Crippen molar-refractivity contribution in [2.75, 3.05) is 19.5 Å². The van der Waals surface area contributed by atoms with Crippen molar-refractivity contribution in [3.63, 3.8) is 0 Å². The van der Waals surface area contributed by atoms with Crippen molar-refractivity contribution >= 4 is 16.8 Å². The molecule has 0 saturated carbocycles. The number of carboxylic acids is 1. The zero-order chi connectivity index (χ0) is 12.8. The number of rotatable bonds is 6. The van der Waals surface area contributed by atoms with Crippen molar-refractivity contribution in [2.24, 2.45) is 0 Å². The predicted molar refractivity (Wildman–Crippen MR) is 61.9 cm³/mol. The molecule has 0 aliphatic rings. The summed E-state index contributed by atoms with van der Waals surface area (Å²) in [6, 6.07) is 3.76. The van der Waals surface area contributed by atoms with Crippen LogP contribution in [0.2, 0.25) is 0 Å². The van der Waals surface area contributed by atoms with Gasteiger partial charge in [0.25, 0.3) is 0 Å². The van der Waals surface area contributed by atoms with Crippen LogP contribution in [0.4, 0.5) is 4.39 Å². The molecule has 1 N–H and O–H groups in total. The highest BCUT2D eigenvalue weighted by Crippen LogP contribution is 2.12. The molecule has 4 nitrogen and oxygen atoms in total. The zero-order valence-electron chi connectivity index (χ0n) is 9.31. The van der Waals surface area contributed by atoms with E-state index in [4.69, 9.17) is 9.84 Å². The van der Waals surface area contributed by atoms with Crippen LogP contribution >= 0.6 is 0 Å². The first kappa shape index (κ1) is 13.8. The topological polar surface area (TPSA) is 63.6 Å². The highest BCUT2D eigenvalue weighted by molar-refractivity contribution is 7.84. The number of carboxylic acid groups (broad SMARTS) is 1. The minimum atomic E-state index is -1.31. The lowest BCUT2D eigenvalue weighted by molar-refractivity contribution is 0.0692. The van der Waals surface area contributed by atoms with Gasteiger partial charge in [-0.05, 0) is 17.7 Å². The molecular weight excluding hydrogens is 247 g/mol. The molecule has 0 spiro atoms. The number of aromatic carboxylic acids is 1. The molecule has 6 heteroatoms. The van der Waals surface area contributed by atoms with Crippen molar-refractivity contribution in [2.45, 2.75) is 5.75 Å². The van der Waals surface area contributed by atoms with Crippen molar-refractivity contribution < 1.29 is 23.2 Å². The first-order chi connectivity index (χ1) is 8.04. The third kappa shape index (κ3) is 4.24. The van der Waals surface area contributed by atoms with Gasteiger partial charge in [-0.15, -0.1) is 0 Å². The first-order valence-corrected chi connectivity index (χ1v) is 6.39. The molecule has 0 fully saturated rings. The minimum Gasteiger partial charge on any atom is -0.478 e. The Morgan fingerprint density at radius 2 is 2.24 bits per heavy atom. The van der Waals surface area contributed by atoms with E-state index in [1.807, 2.05) is 0 Å². The summed E-state index contributed by atoms with van der Waals surface area (Å²) >= 11 is 0. The quantitative estimate of drug-likeness (QED) is 0.840. The Labute approximate surface area is 101 Å². The molecule has 0 heterocycles. The van der Waals surface area contributed by atoms with Crippen LogP contribution in [0.15, 0.2) is 18.2 Å². The van der Waals surface area contributed by atoms with Crippen LogP contribution in [-0.4, -0.2) is 34.8 Å². The van der Waals surface area contributed by atoms with Crippen molar-refractivity contribution in [3.05, 3.63) is 35.1 Å². The Kier molecular flexibility index (Phi) is 5.24. The molecule has 1 aromatic rings. The van der Waals surface area contributed by atoms with Crippen LogP contribution < -0.4 is 0 Å². The Balaban J connectivity index is 2.70. The third-order valence-corrected chi connectivity index (χ3v) is 3.38. The van der Waals surface area contributed by atoms with E-state index in [-0.39, 0.29) is 11.3 Å². The fourth-order valence-corrected chi connectivity index (χ4v) is 2.30. The smallest absolute Gasteiger partial charge is 0.338 e. The standard InChI is InChI=1S/C11H13FO4S/c1-16-4-5-17(15)7-8-2-3-9(11(13)14)10(12)6-8/h2-3,6H,4-5,7H2,1H3,(H,13,14). The summed E-state index contributed by atoms with van der Waals surface area (Å²) in [5.41, 5.74) is 0.137. The van der Waals surface area contributed by atoms with E-state index in [0.29, 0.717) is 17.9 Å². The number of benzene rings is 1. The summed E-state index contributed by atoms with van der Waals surface area (Å²) in [6.07, 6.45) is 0. The van der Waals surface area contributed by atoms with Crippen molar-refractivity contribution in [3.8, 4) is 0 Å². The highest BCUT2D eigenvalue weighted by atomic mass is 32.2. The van der Waals surface area contributed by atoms with Gasteiger partial charge in [-0.3, -0.25) is 4.21 Å². The highest BCUT2D eigenvalue weighted by Gasteiger charge is 2.11. The molecule has 0 amide bonds. The number of methoxy groups -OCH3 is 1. The first-order valence-electron chi connectivity index (χ1n) is 4.90. The molecule has 94 valence electrons. The second-order valence-corrected chi connectivity index (χ2v) is 4.98. The molecule has 0 aliphatic heterocycles. The third-order valence-electron chi connectivity index (χ3n) is 2.11. The Bertz CT molecular complexity index is 433. The fraction of sp³-hybridized carbons (Fsp3) is 0.364. The van der Waals surface area contributed by atoms with Gasteiger partial charge in [0.1, 0.15) is 5.82 Å². The summed E-state index contributed by atoms with van der Waals surface area (Å²) in [6.45, 7) is 0.377. The number of carbonyl (C=O) groups is 1. The van der Waals surface area contributed by atoms with Crippen LogP contribution in [-0.2, 0) is 21.3 Å². The van der Waals surface area contributed by atoms with Gasteiger partial charge >= 0.3 is 5.97 Å². The number of ether oxygens (including phenoxy) is 1. The average Bonchev–Trinajstić information content (AvgIpc) is 2.26. The number of halogens is 1. The van der Waals surface area contributed by atoms with Gasteiger partial charge in [0.2, 0.25) is 0 Å². The molecule has 0 bridgehead atoms. The van der Waals surface area contributed by atoms with Gasteiger partial charge in [0.05, 0.1) is 12.2 Å². The molecule has 1 rings (SSSR count). The fourth-order valence-electron chi connectivity index (χ4n) is 1.26. The lowest BCUT2D eigenvalue weighted by atomic mass is 10.1. The zero-order valence-corrected chi connectivity index (χ0v) is 10.1. The van der Waals surface area contributed by atoms with Crippen LogP contribution in [0.1, 0.15) is 15.9 Å². The van der Waals surface area contributed by atoms with Gasteiger partial charge in [0.15, 0.2) is 0 Å². The van der Waals surface area contributed by atoms with Gasteiger partial charge in [0, 0.05) is 29.4 Å². The van der Waals surface area contributed by atoms with E-state index in [9.17, 15) is 13.4 Å². The Hall–Kier alpha value is -1.27. The molecule has 0 aliphatic carbocycles. The Morgan fingerprint density at radius 3 is 2.76 bits per heavy atom. The van der Waals surface area contributed by atoms with Crippen LogP contribution in [0.25, 0.3) is 0 Å². The molecule has 1 unspecified atom stereocenters. The van der Waals surface area contributed by atoms with Gasteiger partial charge in [-0.2, -0.15) is 0 Å². The van der Waals surface area contributed by atoms with Crippen molar-refractivity contribution in [1.29, 1.82) is 0 Å². The summed E-state index contributed by atoms with van der Waals surface area (Å²) in [7, 11) is 0.377. The summed E-state index contributed by atoms with van der Waals surface area (Å²) < 4.78 is 29.6. The summed E-state index contributed by atoms with van der Waals surface area (Å²) in [4.78, 5) is 10.6. The summed E-state index contributed by atoms with van der Waals surface area (Å²) in [5.74, 6) is -1.55. The van der Waals surface area contributed by atoms with Crippen LogP contribution in [0.5, 0.6) is 0 Å². The second kappa shape index (κ2) is 6.46. The van der Waals surface area contributed by atoms with Crippen molar-refractivity contribution in [1.82, 2.24) is 0 Å². The van der Waals surface area contributed by atoms with Gasteiger partial charge in [-0.25, -0.2) is 9.18 Å². The lowest BCUT2D eigenvalue weighted by Gasteiger charge is -2.04. The molecule has 0 saturated heterocycles. The van der Waals surface area contributed by atoms with Crippen LogP contribution in [0.3, 0.4) is 0 Å². The van der Waals surface area contributed by atoms with E-state index < -0.39 is 22.6 Å². The number of hydrogen-bond acceptors (Lipinski definition) is 3. The van der Waals surface area contributed by atoms with Crippen LogP contribution in [0, 0.1) is 5.82 Å². The average molecular weight is 260 g/mol. The maximum absolute atomic E-state index is 13.3. The molecule has 17 heavy (non-hydrogen) atoms. The van der Waals surface area contributed by atoms with E-state index >= 15 is 0 Å². The molecular formula is C11H13FO4S. The summed E-state index contributed by atoms with van der Waals surface area (Å²) in [5, 5.41) is 8.64.